The predicted molar refractivity (Wildman–Crippen MR) is 83.3 cm³/mol. The minimum atomic E-state index is -0.342. The minimum Gasteiger partial charge on any atom is -0.315 e. The Kier molecular flexibility index (Phi) is 3.61. The van der Waals surface area contributed by atoms with E-state index < -0.39 is 0 Å². The second-order valence-electron chi connectivity index (χ2n) is 5.43. The van der Waals surface area contributed by atoms with Crippen LogP contribution in [0.3, 0.4) is 0 Å². The Hall–Kier alpha value is -2.17. The maximum Gasteiger partial charge on any atom is 0.261 e. The molecule has 0 aromatic carbocycles. The van der Waals surface area contributed by atoms with Crippen LogP contribution >= 0.6 is 0 Å². The van der Waals surface area contributed by atoms with E-state index in [0.717, 1.165) is 11.3 Å². The molecule has 0 aliphatic rings. The van der Waals surface area contributed by atoms with Crippen LogP contribution in [0, 0.1) is 13.8 Å². The third kappa shape index (κ3) is 1.95. The number of nitrogens with zero attached hydrogens (tertiary/aromatic N) is 2. The van der Waals surface area contributed by atoms with E-state index in [1.807, 2.05) is 13.8 Å². The first-order valence-corrected chi connectivity index (χ1v) is 6.96. The topological polar surface area (TPSA) is 61.1 Å². The van der Waals surface area contributed by atoms with Gasteiger partial charge in [-0.2, -0.15) is 0 Å². The summed E-state index contributed by atoms with van der Waals surface area (Å²) in [6.45, 7) is 6.91. The Morgan fingerprint density at radius 2 is 1.57 bits per heavy atom. The molecule has 0 spiro atoms. The Morgan fingerprint density at radius 1 is 1.00 bits per heavy atom. The van der Waals surface area contributed by atoms with Gasteiger partial charge in [-0.15, -0.1) is 0 Å². The van der Waals surface area contributed by atoms with Crippen LogP contribution in [-0.2, 0) is 20.5 Å². The van der Waals surface area contributed by atoms with Crippen molar-refractivity contribution >= 4 is 16.7 Å². The van der Waals surface area contributed by atoms with Crippen LogP contribution in [-0.4, -0.2) is 14.9 Å². The summed E-state index contributed by atoms with van der Waals surface area (Å²) >= 11 is 0. The van der Waals surface area contributed by atoms with Crippen molar-refractivity contribution in [3.63, 3.8) is 0 Å². The fourth-order valence-corrected chi connectivity index (χ4v) is 3.20. The largest absolute Gasteiger partial charge is 0.315 e. The van der Waals surface area contributed by atoms with Gasteiger partial charge in [0.15, 0.2) is 5.78 Å². The second-order valence-corrected chi connectivity index (χ2v) is 5.43. The Labute approximate surface area is 122 Å². The van der Waals surface area contributed by atoms with Crippen molar-refractivity contribution in [3.8, 4) is 0 Å². The fourth-order valence-electron chi connectivity index (χ4n) is 3.20. The molecular formula is C16H20N2O3. The van der Waals surface area contributed by atoms with Crippen molar-refractivity contribution in [2.75, 3.05) is 0 Å². The van der Waals surface area contributed by atoms with Crippen LogP contribution in [0.25, 0.3) is 10.9 Å². The van der Waals surface area contributed by atoms with Crippen LogP contribution in [0.1, 0.15) is 41.0 Å². The molecule has 2 rings (SSSR count). The molecule has 5 nitrogen and oxygen atoms in total. The van der Waals surface area contributed by atoms with E-state index in [1.165, 1.54) is 11.5 Å². The normalized spacial score (nSPS) is 11.1. The second kappa shape index (κ2) is 4.98. The van der Waals surface area contributed by atoms with E-state index in [0.29, 0.717) is 22.9 Å². The summed E-state index contributed by atoms with van der Waals surface area (Å²) in [5.41, 5.74) is 2.51. The highest BCUT2D eigenvalue weighted by Crippen LogP contribution is 2.22. The monoisotopic (exact) mass is 288 g/mol. The molecule has 21 heavy (non-hydrogen) atoms. The van der Waals surface area contributed by atoms with E-state index in [2.05, 4.69) is 0 Å². The Bertz CT molecular complexity index is 885. The number of aromatic nitrogens is 2. The van der Waals surface area contributed by atoms with Gasteiger partial charge >= 0.3 is 0 Å². The van der Waals surface area contributed by atoms with Crippen LogP contribution in [0.5, 0.6) is 0 Å². The SMILES string of the molecule is CCc1c(C)c2c(c(C)c(C(C)=O)c(=O)n2C)c(=O)n1C. The number of carbonyl (C=O) groups is 1. The summed E-state index contributed by atoms with van der Waals surface area (Å²) in [5.74, 6) is -0.311. The lowest BCUT2D eigenvalue weighted by molar-refractivity contribution is 0.101. The fraction of sp³-hybridized carbons (Fsp3) is 0.438. The number of carbonyl (C=O) groups excluding carboxylic acids is 1. The molecule has 0 fully saturated rings. The quantitative estimate of drug-likeness (QED) is 0.789. The van der Waals surface area contributed by atoms with Gasteiger partial charge in [-0.3, -0.25) is 14.4 Å². The van der Waals surface area contributed by atoms with E-state index in [4.69, 9.17) is 0 Å². The van der Waals surface area contributed by atoms with Crippen molar-refractivity contribution in [1.82, 2.24) is 9.13 Å². The van der Waals surface area contributed by atoms with Crippen molar-refractivity contribution in [3.05, 3.63) is 43.1 Å². The molecule has 0 aliphatic heterocycles. The predicted octanol–water partition coefficient (Wildman–Crippen LogP) is 1.62. The Morgan fingerprint density at radius 3 is 2.05 bits per heavy atom. The summed E-state index contributed by atoms with van der Waals surface area (Å²) in [4.78, 5) is 36.8. The van der Waals surface area contributed by atoms with Gasteiger partial charge in [0.2, 0.25) is 0 Å². The maximum absolute atomic E-state index is 12.7. The molecule has 0 aliphatic carbocycles. The molecule has 0 radical (unpaired) electrons. The van der Waals surface area contributed by atoms with E-state index >= 15 is 0 Å². The number of aryl methyl sites for hydroxylation is 3. The average Bonchev–Trinajstić information content (AvgIpc) is 2.40. The number of Topliss-reactive ketones (excluding diaryl/α,β-unsaturated/α-hetero) is 1. The Balaban J connectivity index is 3.28. The highest BCUT2D eigenvalue weighted by molar-refractivity contribution is 6.00. The van der Waals surface area contributed by atoms with Crippen molar-refractivity contribution in [2.24, 2.45) is 14.1 Å². The lowest BCUT2D eigenvalue weighted by Gasteiger charge is -2.18. The first-order valence-electron chi connectivity index (χ1n) is 6.96. The van der Waals surface area contributed by atoms with Crippen molar-refractivity contribution in [1.29, 1.82) is 0 Å². The van der Waals surface area contributed by atoms with Crippen molar-refractivity contribution < 1.29 is 4.79 Å². The summed E-state index contributed by atoms with van der Waals surface area (Å²) < 4.78 is 3.04. The number of hydrogen-bond donors (Lipinski definition) is 0. The molecule has 112 valence electrons. The molecule has 0 amide bonds. The number of fused-ring (bicyclic) bond motifs is 1. The number of pyridine rings is 2. The lowest BCUT2D eigenvalue weighted by Crippen LogP contribution is -2.31. The lowest BCUT2D eigenvalue weighted by atomic mass is 9.99. The number of ketones is 1. The minimum absolute atomic E-state index is 0.103. The van der Waals surface area contributed by atoms with E-state index in [1.54, 1.807) is 25.6 Å². The van der Waals surface area contributed by atoms with Gasteiger partial charge in [-0.1, -0.05) is 6.92 Å². The molecular weight excluding hydrogens is 268 g/mol. The van der Waals surface area contributed by atoms with E-state index in [-0.39, 0.29) is 22.5 Å². The summed E-state index contributed by atoms with van der Waals surface area (Å²) in [6, 6.07) is 0. The summed E-state index contributed by atoms with van der Waals surface area (Å²) in [6.07, 6.45) is 0.704. The zero-order valence-electron chi connectivity index (χ0n) is 13.3. The summed E-state index contributed by atoms with van der Waals surface area (Å²) in [5, 5.41) is 0.458. The molecule has 0 saturated heterocycles. The zero-order valence-corrected chi connectivity index (χ0v) is 13.3. The van der Waals surface area contributed by atoms with Gasteiger partial charge in [0, 0.05) is 19.8 Å². The van der Waals surface area contributed by atoms with Crippen molar-refractivity contribution in [2.45, 2.75) is 34.1 Å². The van der Waals surface area contributed by atoms with Gasteiger partial charge < -0.3 is 9.13 Å². The first kappa shape index (κ1) is 15.2. The molecule has 0 N–H and O–H groups in total. The molecule has 0 saturated carbocycles. The van der Waals surface area contributed by atoms with Gasteiger partial charge in [-0.25, -0.2) is 0 Å². The standard InChI is InChI=1S/C16H20N2O3/c1-7-11-8(2)14-13(16(21)17(11)5)9(3)12(10(4)19)15(20)18(14)6/h7H2,1-6H3. The molecule has 0 bridgehead atoms. The number of rotatable bonds is 2. The third-order valence-electron chi connectivity index (χ3n) is 4.24. The third-order valence-corrected chi connectivity index (χ3v) is 4.24. The van der Waals surface area contributed by atoms with Crippen LogP contribution in [0.4, 0.5) is 0 Å². The van der Waals surface area contributed by atoms with Gasteiger partial charge in [-0.05, 0) is 38.3 Å². The molecule has 0 unspecified atom stereocenters. The first-order chi connectivity index (χ1) is 9.73. The average molecular weight is 288 g/mol. The van der Waals surface area contributed by atoms with Gasteiger partial charge in [0.25, 0.3) is 11.1 Å². The summed E-state index contributed by atoms with van der Waals surface area (Å²) in [7, 11) is 3.34. The highest BCUT2D eigenvalue weighted by Gasteiger charge is 2.21. The van der Waals surface area contributed by atoms with Gasteiger partial charge in [0.1, 0.15) is 0 Å². The highest BCUT2D eigenvalue weighted by atomic mass is 16.1. The smallest absolute Gasteiger partial charge is 0.261 e. The van der Waals surface area contributed by atoms with E-state index in [9.17, 15) is 14.4 Å². The van der Waals surface area contributed by atoms with Gasteiger partial charge in [0.05, 0.1) is 16.5 Å². The zero-order chi connectivity index (χ0) is 16.1. The number of hydrogen-bond acceptors (Lipinski definition) is 3. The molecule has 0 atom stereocenters. The molecule has 2 heterocycles. The molecule has 2 aromatic rings. The van der Waals surface area contributed by atoms with Crippen LogP contribution in [0.15, 0.2) is 9.59 Å². The molecule has 5 heteroatoms. The van der Waals surface area contributed by atoms with Crippen LogP contribution < -0.4 is 11.1 Å². The molecule has 2 aromatic heterocycles. The van der Waals surface area contributed by atoms with Crippen LogP contribution in [0.2, 0.25) is 0 Å². The maximum atomic E-state index is 12.7.